The highest BCUT2D eigenvalue weighted by Gasteiger charge is 2.15. The van der Waals surface area contributed by atoms with Crippen molar-refractivity contribution in [1.82, 2.24) is 15.5 Å². The number of rotatable bonds is 9. The van der Waals surface area contributed by atoms with Gasteiger partial charge < -0.3 is 29.6 Å². The second-order valence-electron chi connectivity index (χ2n) is 6.58. The zero-order valence-corrected chi connectivity index (χ0v) is 15.7. The first-order valence-electron chi connectivity index (χ1n) is 9.48. The Morgan fingerprint density at radius 1 is 1.27 bits per heavy atom. The summed E-state index contributed by atoms with van der Waals surface area (Å²) in [5.74, 6) is 1.61. The third-order valence-corrected chi connectivity index (χ3v) is 4.73. The molecule has 26 heavy (non-hydrogen) atoms. The number of morpholine rings is 2. The average molecular weight is 365 g/mol. The van der Waals surface area contributed by atoms with Gasteiger partial charge in [-0.15, -0.1) is 0 Å². The molecule has 2 N–H and O–H groups in total. The van der Waals surface area contributed by atoms with Gasteiger partial charge in [0.05, 0.1) is 33.0 Å². The van der Waals surface area contributed by atoms with Crippen molar-refractivity contribution in [3.8, 4) is 11.5 Å². The van der Waals surface area contributed by atoms with Gasteiger partial charge in [-0.3, -0.25) is 4.90 Å². The fourth-order valence-electron chi connectivity index (χ4n) is 3.25. The Kier molecular flexibility index (Phi) is 7.97. The van der Waals surface area contributed by atoms with Crippen LogP contribution in [0.4, 0.5) is 0 Å². The highest BCUT2D eigenvalue weighted by Crippen LogP contribution is 2.31. The molecule has 1 atom stereocenters. The van der Waals surface area contributed by atoms with Crippen LogP contribution in [0.15, 0.2) is 18.2 Å². The second-order valence-corrected chi connectivity index (χ2v) is 6.58. The summed E-state index contributed by atoms with van der Waals surface area (Å²) in [6, 6.07) is 6.03. The van der Waals surface area contributed by atoms with E-state index in [0.29, 0.717) is 6.61 Å². The van der Waals surface area contributed by atoms with Crippen molar-refractivity contribution in [2.75, 3.05) is 72.8 Å². The van der Waals surface area contributed by atoms with Crippen LogP contribution in [0.1, 0.15) is 5.56 Å². The molecule has 0 aliphatic carbocycles. The summed E-state index contributed by atoms with van der Waals surface area (Å²) in [5.41, 5.74) is 1.11. The largest absolute Gasteiger partial charge is 0.493 e. The van der Waals surface area contributed by atoms with Crippen LogP contribution in [0.2, 0.25) is 0 Å². The van der Waals surface area contributed by atoms with Crippen LogP contribution in [0.25, 0.3) is 0 Å². The number of benzene rings is 1. The maximum atomic E-state index is 6.11. The van der Waals surface area contributed by atoms with Crippen molar-refractivity contribution < 1.29 is 18.9 Å². The van der Waals surface area contributed by atoms with Gasteiger partial charge in [0.1, 0.15) is 6.61 Å². The van der Waals surface area contributed by atoms with Crippen molar-refractivity contribution in [3.63, 3.8) is 0 Å². The van der Waals surface area contributed by atoms with Crippen LogP contribution in [0.5, 0.6) is 11.5 Å². The van der Waals surface area contributed by atoms with E-state index in [4.69, 9.17) is 18.9 Å². The zero-order chi connectivity index (χ0) is 18.0. The van der Waals surface area contributed by atoms with Crippen LogP contribution >= 0.6 is 0 Å². The molecule has 1 aromatic carbocycles. The van der Waals surface area contributed by atoms with Crippen molar-refractivity contribution in [2.45, 2.75) is 12.6 Å². The van der Waals surface area contributed by atoms with E-state index >= 15 is 0 Å². The summed E-state index contributed by atoms with van der Waals surface area (Å²) in [6.07, 6.45) is 0.222. The van der Waals surface area contributed by atoms with E-state index in [0.717, 1.165) is 82.7 Å². The standard InChI is InChI=1S/C19H31N3O4/c1-23-18-4-2-3-16(13-21-15-17-14-20-5-9-25-17)19(18)26-12-8-22-6-10-24-11-7-22/h2-4,17,20-21H,5-15H2,1H3. The predicted octanol–water partition coefficient (Wildman–Crippen LogP) is 0.484. The Bertz CT molecular complexity index is 532. The quantitative estimate of drug-likeness (QED) is 0.660. The van der Waals surface area contributed by atoms with Gasteiger partial charge >= 0.3 is 0 Å². The lowest BCUT2D eigenvalue weighted by Gasteiger charge is -2.27. The normalized spacial score (nSPS) is 21.5. The van der Waals surface area contributed by atoms with E-state index in [-0.39, 0.29) is 6.10 Å². The van der Waals surface area contributed by atoms with Gasteiger partial charge in [0.2, 0.25) is 0 Å². The van der Waals surface area contributed by atoms with E-state index in [1.54, 1.807) is 7.11 Å². The Hall–Kier alpha value is -1.38. The smallest absolute Gasteiger partial charge is 0.165 e. The minimum Gasteiger partial charge on any atom is -0.493 e. The van der Waals surface area contributed by atoms with Crippen LogP contribution in [-0.2, 0) is 16.0 Å². The van der Waals surface area contributed by atoms with Gasteiger partial charge in [0.25, 0.3) is 0 Å². The number of hydrogen-bond donors (Lipinski definition) is 2. The summed E-state index contributed by atoms with van der Waals surface area (Å²) in [4.78, 5) is 2.37. The maximum Gasteiger partial charge on any atom is 0.165 e. The molecule has 7 nitrogen and oxygen atoms in total. The number of methoxy groups -OCH3 is 1. The predicted molar refractivity (Wildman–Crippen MR) is 100 cm³/mol. The lowest BCUT2D eigenvalue weighted by molar-refractivity contribution is 0.0289. The van der Waals surface area contributed by atoms with Gasteiger partial charge in [0.15, 0.2) is 11.5 Å². The molecule has 146 valence electrons. The summed E-state index contributed by atoms with van der Waals surface area (Å²) < 4.78 is 22.7. The molecule has 2 saturated heterocycles. The molecule has 2 aliphatic rings. The van der Waals surface area contributed by atoms with Crippen molar-refractivity contribution in [1.29, 1.82) is 0 Å². The Labute approximate surface area is 155 Å². The average Bonchev–Trinajstić information content (AvgIpc) is 2.70. The highest BCUT2D eigenvalue weighted by atomic mass is 16.5. The summed E-state index contributed by atoms with van der Waals surface area (Å²) in [7, 11) is 1.68. The summed E-state index contributed by atoms with van der Waals surface area (Å²) in [5, 5.41) is 6.82. The molecule has 2 heterocycles. The number of ether oxygens (including phenoxy) is 4. The van der Waals surface area contributed by atoms with Gasteiger partial charge in [-0.2, -0.15) is 0 Å². The molecule has 7 heteroatoms. The molecule has 0 radical (unpaired) electrons. The molecule has 0 amide bonds. The van der Waals surface area contributed by atoms with Crippen LogP contribution < -0.4 is 20.1 Å². The topological polar surface area (TPSA) is 64.2 Å². The number of para-hydroxylation sites is 1. The van der Waals surface area contributed by atoms with E-state index in [1.807, 2.05) is 12.1 Å². The Morgan fingerprint density at radius 2 is 2.15 bits per heavy atom. The molecular weight excluding hydrogens is 334 g/mol. The molecule has 2 fully saturated rings. The van der Waals surface area contributed by atoms with E-state index in [2.05, 4.69) is 21.6 Å². The minimum atomic E-state index is 0.222. The fraction of sp³-hybridized carbons (Fsp3) is 0.684. The minimum absolute atomic E-state index is 0.222. The first-order chi connectivity index (χ1) is 12.9. The van der Waals surface area contributed by atoms with E-state index in [9.17, 15) is 0 Å². The van der Waals surface area contributed by atoms with Crippen molar-refractivity contribution >= 4 is 0 Å². The van der Waals surface area contributed by atoms with Gasteiger partial charge in [-0.05, 0) is 6.07 Å². The Balaban J connectivity index is 1.50. The molecule has 0 saturated carbocycles. The third kappa shape index (κ3) is 5.82. The SMILES string of the molecule is COc1cccc(CNCC2CNCCO2)c1OCCN1CCOCC1. The number of hydrogen-bond acceptors (Lipinski definition) is 7. The monoisotopic (exact) mass is 365 g/mol. The van der Waals surface area contributed by atoms with Crippen molar-refractivity contribution in [3.05, 3.63) is 23.8 Å². The first kappa shape index (κ1) is 19.4. The third-order valence-electron chi connectivity index (χ3n) is 4.73. The molecule has 1 unspecified atom stereocenters. The molecule has 1 aromatic rings. The van der Waals surface area contributed by atoms with Crippen LogP contribution in [-0.4, -0.2) is 83.8 Å². The van der Waals surface area contributed by atoms with Crippen LogP contribution in [0.3, 0.4) is 0 Å². The first-order valence-corrected chi connectivity index (χ1v) is 9.48. The van der Waals surface area contributed by atoms with Gasteiger partial charge in [0, 0.05) is 51.4 Å². The van der Waals surface area contributed by atoms with E-state index < -0.39 is 0 Å². The molecule has 0 spiro atoms. The second kappa shape index (κ2) is 10.7. The lowest BCUT2D eigenvalue weighted by Crippen LogP contribution is -2.43. The molecule has 2 aliphatic heterocycles. The van der Waals surface area contributed by atoms with Crippen LogP contribution in [0, 0.1) is 0 Å². The zero-order valence-electron chi connectivity index (χ0n) is 15.7. The number of nitrogens with zero attached hydrogens (tertiary/aromatic N) is 1. The van der Waals surface area contributed by atoms with Gasteiger partial charge in [-0.1, -0.05) is 12.1 Å². The van der Waals surface area contributed by atoms with E-state index in [1.165, 1.54) is 0 Å². The maximum absolute atomic E-state index is 6.11. The highest BCUT2D eigenvalue weighted by molar-refractivity contribution is 5.46. The lowest BCUT2D eigenvalue weighted by atomic mass is 10.1. The summed E-state index contributed by atoms with van der Waals surface area (Å²) >= 11 is 0. The molecular formula is C19H31N3O4. The van der Waals surface area contributed by atoms with Gasteiger partial charge in [-0.25, -0.2) is 0 Å². The molecule has 3 rings (SSSR count). The Morgan fingerprint density at radius 3 is 2.92 bits per heavy atom. The molecule has 0 aromatic heterocycles. The fourth-order valence-corrected chi connectivity index (χ4v) is 3.25. The summed E-state index contributed by atoms with van der Waals surface area (Å²) in [6.45, 7) is 9.26. The molecule has 0 bridgehead atoms. The number of nitrogens with one attached hydrogen (secondary N) is 2. The van der Waals surface area contributed by atoms with Crippen molar-refractivity contribution in [2.24, 2.45) is 0 Å².